The third-order valence-corrected chi connectivity index (χ3v) is 6.13. The molecule has 0 saturated carbocycles. The molecular weight excluding hydrogens is 454 g/mol. The van der Waals surface area contributed by atoms with E-state index in [2.05, 4.69) is 26.7 Å². The zero-order chi connectivity index (χ0) is 23.5. The van der Waals surface area contributed by atoms with Crippen molar-refractivity contribution < 1.29 is 13.9 Å². The van der Waals surface area contributed by atoms with Gasteiger partial charge in [-0.2, -0.15) is 0 Å². The van der Waals surface area contributed by atoms with Gasteiger partial charge in [0, 0.05) is 11.9 Å². The Balaban J connectivity index is 1.34. The van der Waals surface area contributed by atoms with Gasteiger partial charge in [0.15, 0.2) is 11.0 Å². The van der Waals surface area contributed by atoms with Gasteiger partial charge >= 0.3 is 0 Å². The number of allylic oxidation sites excluding steroid dienone is 1. The summed E-state index contributed by atoms with van der Waals surface area (Å²) in [5.74, 6) is 3.05. The van der Waals surface area contributed by atoms with Crippen molar-refractivity contribution in [3.05, 3.63) is 83.2 Å². The zero-order valence-corrected chi connectivity index (χ0v) is 19.2. The molecule has 0 aliphatic carbocycles. The Hall–Kier alpha value is -4.05. The van der Waals surface area contributed by atoms with Crippen molar-refractivity contribution in [2.75, 3.05) is 7.11 Å². The van der Waals surface area contributed by atoms with Crippen LogP contribution in [0.1, 0.15) is 11.6 Å². The van der Waals surface area contributed by atoms with Crippen molar-refractivity contribution >= 4 is 33.8 Å². The number of rotatable bonds is 9. The molecule has 0 radical (unpaired) electrons. The molecular formula is C24H21N5O4S. The molecule has 0 saturated heterocycles. The molecule has 3 heterocycles. The normalized spacial score (nSPS) is 11.2. The zero-order valence-electron chi connectivity index (χ0n) is 18.4. The molecule has 34 heavy (non-hydrogen) atoms. The largest absolute Gasteiger partial charge is 0.497 e. The van der Waals surface area contributed by atoms with E-state index in [9.17, 15) is 4.79 Å². The minimum Gasteiger partial charge on any atom is -0.497 e. The van der Waals surface area contributed by atoms with Crippen LogP contribution in [0.3, 0.4) is 0 Å². The summed E-state index contributed by atoms with van der Waals surface area (Å²) in [4.78, 5) is 20.0. The average Bonchev–Trinajstić information content (AvgIpc) is 3.43. The van der Waals surface area contributed by atoms with Crippen LogP contribution in [-0.4, -0.2) is 31.8 Å². The quantitative estimate of drug-likeness (QED) is 0.248. The van der Waals surface area contributed by atoms with Crippen LogP contribution in [0.4, 0.5) is 0 Å². The van der Waals surface area contributed by atoms with E-state index in [4.69, 9.17) is 13.9 Å². The van der Waals surface area contributed by atoms with Crippen molar-refractivity contribution in [3.63, 3.8) is 0 Å². The summed E-state index contributed by atoms with van der Waals surface area (Å²) in [7, 11) is 1.62. The number of thioether (sulfide) groups is 1. The molecule has 0 atom stereocenters. The number of aromatic amines is 1. The topological polar surface area (TPSA) is 108 Å². The van der Waals surface area contributed by atoms with E-state index in [0.717, 1.165) is 11.1 Å². The lowest BCUT2D eigenvalue weighted by molar-refractivity contribution is 0.288. The fourth-order valence-corrected chi connectivity index (χ4v) is 4.35. The van der Waals surface area contributed by atoms with Gasteiger partial charge in [-0.25, -0.2) is 4.98 Å². The minimum atomic E-state index is -0.307. The molecule has 172 valence electrons. The van der Waals surface area contributed by atoms with Gasteiger partial charge in [-0.1, -0.05) is 30.0 Å². The summed E-state index contributed by atoms with van der Waals surface area (Å²) in [5.41, 5.74) is 1.10. The summed E-state index contributed by atoms with van der Waals surface area (Å²) in [5, 5.41) is 10.1. The second-order valence-electron chi connectivity index (χ2n) is 7.34. The number of hydrogen-bond donors (Lipinski definition) is 1. The number of fused-ring (bicyclic) bond motifs is 3. The highest BCUT2D eigenvalue weighted by Gasteiger charge is 2.16. The van der Waals surface area contributed by atoms with Crippen LogP contribution in [0.5, 0.6) is 11.5 Å². The maximum atomic E-state index is 12.5. The Morgan fingerprint density at radius 3 is 2.74 bits per heavy atom. The van der Waals surface area contributed by atoms with Gasteiger partial charge in [0.1, 0.15) is 35.0 Å². The molecule has 10 heteroatoms. The van der Waals surface area contributed by atoms with Crippen molar-refractivity contribution in [1.29, 1.82) is 0 Å². The second-order valence-corrected chi connectivity index (χ2v) is 8.28. The predicted molar refractivity (Wildman–Crippen MR) is 129 cm³/mol. The first-order valence-electron chi connectivity index (χ1n) is 10.5. The van der Waals surface area contributed by atoms with Crippen molar-refractivity contribution in [3.8, 4) is 11.5 Å². The van der Waals surface area contributed by atoms with Crippen molar-refractivity contribution in [2.45, 2.75) is 24.1 Å². The third kappa shape index (κ3) is 4.27. The Kier molecular flexibility index (Phi) is 6.05. The summed E-state index contributed by atoms with van der Waals surface area (Å²) in [6, 6.07) is 14.8. The number of benzene rings is 2. The fourth-order valence-electron chi connectivity index (χ4n) is 3.51. The minimum absolute atomic E-state index is 0.225. The average molecular weight is 476 g/mol. The first kappa shape index (κ1) is 21.8. The Bertz CT molecular complexity index is 1520. The number of nitrogens with zero attached hydrogens (tertiary/aromatic N) is 4. The molecule has 1 N–H and O–H groups in total. The number of methoxy groups -OCH3 is 1. The lowest BCUT2D eigenvalue weighted by atomic mass is 10.2. The molecule has 5 aromatic rings. The molecule has 0 aliphatic heterocycles. The molecule has 2 aromatic carbocycles. The van der Waals surface area contributed by atoms with E-state index in [-0.39, 0.29) is 17.7 Å². The number of para-hydroxylation sites is 1. The van der Waals surface area contributed by atoms with Crippen molar-refractivity contribution in [1.82, 2.24) is 24.7 Å². The predicted octanol–water partition coefficient (Wildman–Crippen LogP) is 4.33. The van der Waals surface area contributed by atoms with Crippen LogP contribution >= 0.6 is 11.8 Å². The lowest BCUT2D eigenvalue weighted by Crippen LogP contribution is -2.10. The third-order valence-electron chi connectivity index (χ3n) is 5.15. The van der Waals surface area contributed by atoms with E-state index in [1.807, 2.05) is 53.1 Å². The second kappa shape index (κ2) is 9.44. The lowest BCUT2D eigenvalue weighted by Gasteiger charge is -2.09. The first-order chi connectivity index (χ1) is 16.7. The summed E-state index contributed by atoms with van der Waals surface area (Å²) in [6.07, 6.45) is 1.77. The Labute approximate surface area is 198 Å². The van der Waals surface area contributed by atoms with Crippen LogP contribution in [0.25, 0.3) is 22.1 Å². The number of furan rings is 1. The number of ether oxygens (including phenoxy) is 2. The molecule has 0 bridgehead atoms. The SMILES string of the molecule is C=CCn1c(COc2ccc(OC)cc2)nnc1SCc1nc2c(oc3ccccc32)c(=O)[nH]1. The fraction of sp³-hybridized carbons (Fsp3) is 0.167. The highest BCUT2D eigenvalue weighted by atomic mass is 32.2. The molecule has 5 rings (SSSR count). The standard InChI is InChI=1S/C24H21N5O4S/c1-3-12-29-20(13-32-16-10-8-15(31-2)9-11-16)27-28-24(29)34-14-19-25-21-17-6-4-5-7-18(17)33-22(21)23(30)26-19/h3-11H,1,12-14H2,2H3,(H,25,26,30). The van der Waals surface area contributed by atoms with Crippen LogP contribution in [-0.2, 0) is 18.9 Å². The number of hydrogen-bond acceptors (Lipinski definition) is 8. The Morgan fingerprint density at radius 1 is 1.15 bits per heavy atom. The molecule has 0 unspecified atom stereocenters. The molecule has 0 amide bonds. The van der Waals surface area contributed by atoms with Gasteiger partial charge in [-0.15, -0.1) is 16.8 Å². The van der Waals surface area contributed by atoms with Crippen molar-refractivity contribution in [2.24, 2.45) is 0 Å². The molecule has 3 aromatic heterocycles. The van der Waals surface area contributed by atoms with E-state index in [1.54, 1.807) is 13.2 Å². The van der Waals surface area contributed by atoms with Gasteiger partial charge in [0.2, 0.25) is 5.58 Å². The first-order valence-corrected chi connectivity index (χ1v) is 11.5. The monoisotopic (exact) mass is 475 g/mol. The van der Waals surface area contributed by atoms with Gasteiger partial charge in [-0.05, 0) is 36.4 Å². The molecule has 9 nitrogen and oxygen atoms in total. The molecule has 0 fully saturated rings. The Morgan fingerprint density at radius 2 is 1.94 bits per heavy atom. The number of aromatic nitrogens is 5. The summed E-state index contributed by atoms with van der Waals surface area (Å²) in [6.45, 7) is 4.60. The van der Waals surface area contributed by atoms with Gasteiger partial charge in [0.05, 0.1) is 12.9 Å². The maximum Gasteiger partial charge on any atom is 0.294 e. The van der Waals surface area contributed by atoms with E-state index in [0.29, 0.717) is 46.0 Å². The summed E-state index contributed by atoms with van der Waals surface area (Å²) < 4.78 is 18.6. The highest BCUT2D eigenvalue weighted by molar-refractivity contribution is 7.98. The molecule has 0 spiro atoms. The number of nitrogens with one attached hydrogen (secondary N) is 1. The van der Waals surface area contributed by atoms with E-state index in [1.165, 1.54) is 11.8 Å². The van der Waals surface area contributed by atoms with Crippen LogP contribution in [0.2, 0.25) is 0 Å². The van der Waals surface area contributed by atoms with E-state index < -0.39 is 0 Å². The van der Waals surface area contributed by atoms with E-state index >= 15 is 0 Å². The smallest absolute Gasteiger partial charge is 0.294 e. The van der Waals surface area contributed by atoms with Crippen LogP contribution in [0, 0.1) is 0 Å². The summed E-state index contributed by atoms with van der Waals surface area (Å²) >= 11 is 1.42. The maximum absolute atomic E-state index is 12.5. The number of H-pyrrole nitrogens is 1. The van der Waals surface area contributed by atoms with Gasteiger partial charge in [-0.3, -0.25) is 9.36 Å². The van der Waals surface area contributed by atoms with Crippen LogP contribution < -0.4 is 15.0 Å². The van der Waals surface area contributed by atoms with Crippen LogP contribution in [0.15, 0.2) is 75.6 Å². The molecule has 0 aliphatic rings. The van der Waals surface area contributed by atoms with Gasteiger partial charge in [0.25, 0.3) is 5.56 Å². The highest BCUT2D eigenvalue weighted by Crippen LogP contribution is 2.26. The van der Waals surface area contributed by atoms with Gasteiger partial charge < -0.3 is 18.9 Å².